The highest BCUT2D eigenvalue weighted by molar-refractivity contribution is 7.17. The number of thiophene rings is 1. The fraction of sp³-hybridized carbons (Fsp3) is 0.200. The van der Waals surface area contributed by atoms with E-state index in [-0.39, 0.29) is 0 Å². The summed E-state index contributed by atoms with van der Waals surface area (Å²) in [6.45, 7) is 3.10. The van der Waals surface area contributed by atoms with Crippen LogP contribution in [0.5, 0.6) is 0 Å². The first kappa shape index (κ1) is 7.62. The Kier molecular flexibility index (Phi) is 2.00. The lowest BCUT2D eigenvalue weighted by atomic mass is 10.2. The van der Waals surface area contributed by atoms with Gasteiger partial charge in [0.15, 0.2) is 0 Å². The van der Waals surface area contributed by atoms with E-state index >= 15 is 0 Å². The van der Waals surface area contributed by atoms with Crippen LogP contribution in [0.15, 0.2) is 29.6 Å². The van der Waals surface area contributed by atoms with Gasteiger partial charge in [-0.1, -0.05) is 6.07 Å². The molecule has 12 heavy (non-hydrogen) atoms. The Morgan fingerprint density at radius 3 is 3.08 bits per heavy atom. The fourth-order valence-electron chi connectivity index (χ4n) is 1.34. The minimum atomic E-state index is 0.981. The molecule has 0 atom stereocenters. The van der Waals surface area contributed by atoms with E-state index in [1.807, 2.05) is 0 Å². The molecule has 1 nitrogen and oxygen atoms in total. The van der Waals surface area contributed by atoms with Gasteiger partial charge in [-0.25, -0.2) is 0 Å². The van der Waals surface area contributed by atoms with Crippen LogP contribution in [0.4, 0.5) is 5.69 Å². The second-order valence-electron chi connectivity index (χ2n) is 2.67. The van der Waals surface area contributed by atoms with Crippen LogP contribution in [0.2, 0.25) is 0 Å². The van der Waals surface area contributed by atoms with Gasteiger partial charge in [-0.3, -0.25) is 0 Å². The van der Waals surface area contributed by atoms with Crippen LogP contribution in [-0.4, -0.2) is 6.54 Å². The molecule has 1 heterocycles. The predicted octanol–water partition coefficient (Wildman–Crippen LogP) is 3.33. The minimum absolute atomic E-state index is 0.981. The van der Waals surface area contributed by atoms with Crippen molar-refractivity contribution in [1.29, 1.82) is 0 Å². The zero-order valence-electron chi connectivity index (χ0n) is 7.00. The van der Waals surface area contributed by atoms with Gasteiger partial charge in [0, 0.05) is 22.3 Å². The van der Waals surface area contributed by atoms with Gasteiger partial charge in [-0.15, -0.1) is 11.3 Å². The molecule has 0 spiro atoms. The van der Waals surface area contributed by atoms with Crippen molar-refractivity contribution in [2.24, 2.45) is 0 Å². The average Bonchev–Trinajstić information content (AvgIpc) is 2.53. The van der Waals surface area contributed by atoms with Gasteiger partial charge in [-0.2, -0.15) is 0 Å². The number of anilines is 1. The summed E-state index contributed by atoms with van der Waals surface area (Å²) in [6, 6.07) is 8.54. The molecule has 62 valence electrons. The summed E-state index contributed by atoms with van der Waals surface area (Å²) in [4.78, 5) is 0. The van der Waals surface area contributed by atoms with Crippen LogP contribution in [0.1, 0.15) is 6.92 Å². The molecular formula is C10H11NS. The topological polar surface area (TPSA) is 12.0 Å². The maximum Gasteiger partial charge on any atom is 0.0428 e. The molecule has 1 aromatic heterocycles. The van der Waals surface area contributed by atoms with Crippen molar-refractivity contribution in [2.45, 2.75) is 6.92 Å². The van der Waals surface area contributed by atoms with Crippen LogP contribution in [0.3, 0.4) is 0 Å². The third kappa shape index (κ3) is 1.18. The maximum absolute atomic E-state index is 3.34. The molecule has 0 bridgehead atoms. The van der Waals surface area contributed by atoms with Crippen molar-refractivity contribution >= 4 is 27.1 Å². The third-order valence-electron chi connectivity index (χ3n) is 1.86. The molecule has 0 amide bonds. The molecular weight excluding hydrogens is 166 g/mol. The van der Waals surface area contributed by atoms with E-state index in [4.69, 9.17) is 0 Å². The Labute approximate surface area is 76.0 Å². The van der Waals surface area contributed by atoms with E-state index in [9.17, 15) is 0 Å². The monoisotopic (exact) mass is 177 g/mol. The quantitative estimate of drug-likeness (QED) is 0.742. The summed E-state index contributed by atoms with van der Waals surface area (Å²) >= 11 is 1.79. The van der Waals surface area contributed by atoms with Crippen molar-refractivity contribution < 1.29 is 0 Å². The van der Waals surface area contributed by atoms with Crippen LogP contribution >= 0.6 is 11.3 Å². The normalized spacial score (nSPS) is 10.4. The molecule has 0 unspecified atom stereocenters. The first-order valence-electron chi connectivity index (χ1n) is 4.12. The van der Waals surface area contributed by atoms with Crippen molar-refractivity contribution in [1.82, 2.24) is 0 Å². The van der Waals surface area contributed by atoms with Gasteiger partial charge in [0.05, 0.1) is 0 Å². The highest BCUT2D eigenvalue weighted by Gasteiger charge is 1.98. The average molecular weight is 177 g/mol. The molecule has 2 rings (SSSR count). The van der Waals surface area contributed by atoms with Crippen molar-refractivity contribution in [3.63, 3.8) is 0 Å². The highest BCUT2D eigenvalue weighted by Crippen LogP contribution is 2.27. The SMILES string of the molecule is CCNc1cccc2sccc12. The molecule has 0 saturated heterocycles. The summed E-state index contributed by atoms with van der Waals surface area (Å²) in [5, 5.41) is 6.81. The molecule has 0 aliphatic heterocycles. The highest BCUT2D eigenvalue weighted by atomic mass is 32.1. The Bertz CT molecular complexity index is 378. The van der Waals surface area contributed by atoms with Gasteiger partial charge in [-0.05, 0) is 30.5 Å². The lowest BCUT2D eigenvalue weighted by molar-refractivity contribution is 1.22. The molecule has 0 saturated carbocycles. The molecule has 0 radical (unpaired) electrons. The summed E-state index contributed by atoms with van der Waals surface area (Å²) < 4.78 is 1.36. The summed E-state index contributed by atoms with van der Waals surface area (Å²) in [5.74, 6) is 0. The number of hydrogen-bond donors (Lipinski definition) is 1. The molecule has 0 aliphatic carbocycles. The maximum atomic E-state index is 3.34. The van der Waals surface area contributed by atoms with Gasteiger partial charge in [0.2, 0.25) is 0 Å². The minimum Gasteiger partial charge on any atom is -0.385 e. The first-order chi connectivity index (χ1) is 5.92. The lowest BCUT2D eigenvalue weighted by Crippen LogP contribution is -1.95. The number of rotatable bonds is 2. The van der Waals surface area contributed by atoms with Crippen LogP contribution in [0.25, 0.3) is 10.1 Å². The Balaban J connectivity index is 2.57. The first-order valence-corrected chi connectivity index (χ1v) is 5.00. The standard InChI is InChI=1S/C10H11NS/c1-2-11-9-4-3-5-10-8(9)6-7-12-10/h3-7,11H,2H2,1H3. The second kappa shape index (κ2) is 3.15. The van der Waals surface area contributed by atoms with E-state index in [2.05, 4.69) is 41.9 Å². The molecule has 2 heteroatoms. The smallest absolute Gasteiger partial charge is 0.0428 e. The summed E-state index contributed by atoms with van der Waals surface area (Å²) in [6.07, 6.45) is 0. The van der Waals surface area contributed by atoms with E-state index in [1.165, 1.54) is 15.8 Å². The summed E-state index contributed by atoms with van der Waals surface area (Å²) in [7, 11) is 0. The van der Waals surface area contributed by atoms with Gasteiger partial charge >= 0.3 is 0 Å². The van der Waals surface area contributed by atoms with Crippen LogP contribution < -0.4 is 5.32 Å². The molecule has 1 aromatic carbocycles. The fourth-order valence-corrected chi connectivity index (χ4v) is 2.15. The number of fused-ring (bicyclic) bond motifs is 1. The van der Waals surface area contributed by atoms with Gasteiger partial charge in [0.1, 0.15) is 0 Å². The van der Waals surface area contributed by atoms with Crippen LogP contribution in [-0.2, 0) is 0 Å². The van der Waals surface area contributed by atoms with E-state index in [0.29, 0.717) is 0 Å². The molecule has 0 fully saturated rings. The van der Waals surface area contributed by atoms with Gasteiger partial charge < -0.3 is 5.32 Å². The molecule has 2 aromatic rings. The Morgan fingerprint density at radius 2 is 2.25 bits per heavy atom. The van der Waals surface area contributed by atoms with E-state index in [0.717, 1.165) is 6.54 Å². The van der Waals surface area contributed by atoms with Crippen LogP contribution in [0, 0.1) is 0 Å². The second-order valence-corrected chi connectivity index (χ2v) is 3.62. The third-order valence-corrected chi connectivity index (χ3v) is 2.75. The Morgan fingerprint density at radius 1 is 1.33 bits per heavy atom. The molecule has 0 aliphatic rings. The summed E-state index contributed by atoms with van der Waals surface area (Å²) in [5.41, 5.74) is 1.25. The largest absolute Gasteiger partial charge is 0.385 e. The van der Waals surface area contributed by atoms with Gasteiger partial charge in [0.25, 0.3) is 0 Å². The van der Waals surface area contributed by atoms with E-state index < -0.39 is 0 Å². The van der Waals surface area contributed by atoms with Crippen molar-refractivity contribution in [3.8, 4) is 0 Å². The number of benzene rings is 1. The van der Waals surface area contributed by atoms with Crippen molar-refractivity contribution in [3.05, 3.63) is 29.6 Å². The predicted molar refractivity (Wildman–Crippen MR) is 56.0 cm³/mol. The molecule has 1 N–H and O–H groups in total. The van der Waals surface area contributed by atoms with Crippen molar-refractivity contribution in [2.75, 3.05) is 11.9 Å². The zero-order chi connectivity index (χ0) is 8.39. The number of nitrogens with one attached hydrogen (secondary N) is 1. The Hall–Kier alpha value is -1.02. The number of hydrogen-bond acceptors (Lipinski definition) is 2. The van der Waals surface area contributed by atoms with E-state index in [1.54, 1.807) is 11.3 Å². The zero-order valence-corrected chi connectivity index (χ0v) is 7.82. The lowest BCUT2D eigenvalue weighted by Gasteiger charge is -2.03.